The minimum Gasteiger partial charge on any atom is -0.348 e. The molecule has 35 heavy (non-hydrogen) atoms. The Balaban J connectivity index is 1.66. The van der Waals surface area contributed by atoms with Crippen LogP contribution in [0.15, 0.2) is 48.5 Å². The van der Waals surface area contributed by atoms with Crippen molar-refractivity contribution in [2.45, 2.75) is 31.3 Å². The number of alkyl halides is 1. The molecule has 0 radical (unpaired) electrons. The van der Waals surface area contributed by atoms with Crippen LogP contribution in [-0.2, 0) is 22.8 Å². The number of carbonyl (C=O) groups excluding carboxylic acids is 2. The van der Waals surface area contributed by atoms with Crippen LogP contribution >= 0.6 is 23.2 Å². The van der Waals surface area contributed by atoms with Crippen molar-refractivity contribution in [3.63, 3.8) is 0 Å². The molecule has 1 atom stereocenters. The molecular weight excluding hydrogens is 507 g/mol. The maximum Gasteiger partial charge on any atom is 0.253 e. The van der Waals surface area contributed by atoms with Crippen molar-refractivity contribution in [1.29, 1.82) is 0 Å². The van der Waals surface area contributed by atoms with Gasteiger partial charge in [0.25, 0.3) is 11.8 Å². The monoisotopic (exact) mass is 524 g/mol. The second-order valence-electron chi connectivity index (χ2n) is 8.01. The lowest BCUT2D eigenvalue weighted by molar-refractivity contribution is -0.120. The fourth-order valence-electron chi connectivity index (χ4n) is 4.02. The minimum atomic E-state index is -1.41. The van der Waals surface area contributed by atoms with Gasteiger partial charge in [-0.2, -0.15) is 0 Å². The highest BCUT2D eigenvalue weighted by Crippen LogP contribution is 2.48. The van der Waals surface area contributed by atoms with E-state index >= 15 is 0 Å². The molecular formula is C25H18Cl2F4N2O2. The summed E-state index contributed by atoms with van der Waals surface area (Å²) >= 11 is 12.8. The van der Waals surface area contributed by atoms with E-state index in [2.05, 4.69) is 5.32 Å². The Hall–Kier alpha value is -3.10. The second-order valence-corrected chi connectivity index (χ2v) is 9.06. The Morgan fingerprint density at radius 3 is 2.31 bits per heavy atom. The van der Waals surface area contributed by atoms with Crippen molar-refractivity contribution in [2.24, 2.45) is 0 Å². The predicted octanol–water partition coefficient (Wildman–Crippen LogP) is 6.22. The van der Waals surface area contributed by atoms with Crippen LogP contribution in [0, 0.1) is 23.3 Å². The molecule has 3 aromatic carbocycles. The molecule has 4 nitrogen and oxygen atoms in total. The highest BCUT2D eigenvalue weighted by atomic mass is 35.5. The topological polar surface area (TPSA) is 49.4 Å². The van der Waals surface area contributed by atoms with Crippen LogP contribution in [0.1, 0.15) is 40.4 Å². The Bertz CT molecular complexity index is 1310. The predicted molar refractivity (Wildman–Crippen MR) is 124 cm³/mol. The maximum absolute atomic E-state index is 14.4. The molecule has 0 aliphatic carbocycles. The number of rotatable bonds is 6. The van der Waals surface area contributed by atoms with Crippen LogP contribution in [0.4, 0.5) is 23.2 Å². The minimum absolute atomic E-state index is 0.0705. The summed E-state index contributed by atoms with van der Waals surface area (Å²) in [5, 5.41) is 2.50. The average Bonchev–Trinajstić information content (AvgIpc) is 3.02. The fraction of sp³-hybridized carbons (Fsp3) is 0.200. The summed E-state index contributed by atoms with van der Waals surface area (Å²) in [4.78, 5) is 25.8. The van der Waals surface area contributed by atoms with Crippen LogP contribution in [0.5, 0.6) is 0 Å². The van der Waals surface area contributed by atoms with Crippen molar-refractivity contribution in [3.05, 3.63) is 99.1 Å². The number of fused-ring (bicyclic) bond motifs is 1. The molecule has 1 unspecified atom stereocenters. The lowest BCUT2D eigenvalue weighted by atomic mass is 9.96. The SMILES string of the molecule is CCC1(Cl)C(=O)N(Cc2c(F)cccc2Cl)c2cc(C(=O)NCc3c(F)cc(F)cc3F)ccc21. The number of carbonyl (C=O) groups is 2. The molecule has 1 aliphatic heterocycles. The molecule has 1 aliphatic rings. The number of hydrogen-bond acceptors (Lipinski definition) is 2. The lowest BCUT2D eigenvalue weighted by Crippen LogP contribution is -2.36. The number of benzene rings is 3. The number of anilines is 1. The Morgan fingerprint density at radius 1 is 1.00 bits per heavy atom. The quantitative estimate of drug-likeness (QED) is 0.307. The summed E-state index contributed by atoms with van der Waals surface area (Å²) in [7, 11) is 0. The van der Waals surface area contributed by atoms with E-state index in [1.165, 1.54) is 41.3 Å². The van der Waals surface area contributed by atoms with Gasteiger partial charge in [-0.05, 0) is 30.7 Å². The van der Waals surface area contributed by atoms with E-state index in [1.54, 1.807) is 6.92 Å². The van der Waals surface area contributed by atoms with Crippen LogP contribution in [0.2, 0.25) is 5.02 Å². The van der Waals surface area contributed by atoms with Gasteiger partial charge in [0.05, 0.1) is 12.2 Å². The molecule has 0 spiro atoms. The van der Waals surface area contributed by atoms with Gasteiger partial charge in [0.2, 0.25) is 0 Å². The standard InChI is InChI=1S/C25H18Cl2F4N2O2/c1-2-25(27)17-7-6-13(23(34)32-11-15-20(30)9-14(28)10-21(15)31)8-22(17)33(24(25)35)12-16-18(26)4-3-5-19(16)29/h3-10H,2,11-12H2,1H3,(H,32,34). The van der Waals surface area contributed by atoms with E-state index in [0.29, 0.717) is 17.7 Å². The first-order valence-corrected chi connectivity index (χ1v) is 11.3. The van der Waals surface area contributed by atoms with E-state index in [4.69, 9.17) is 23.2 Å². The molecule has 0 saturated heterocycles. The third kappa shape index (κ3) is 4.48. The molecule has 10 heteroatoms. The van der Waals surface area contributed by atoms with E-state index in [-0.39, 0.29) is 34.8 Å². The van der Waals surface area contributed by atoms with Crippen molar-refractivity contribution in [2.75, 3.05) is 4.90 Å². The molecule has 182 valence electrons. The molecule has 1 heterocycles. The third-order valence-electron chi connectivity index (χ3n) is 5.96. The smallest absolute Gasteiger partial charge is 0.253 e. The molecule has 1 N–H and O–H groups in total. The van der Waals surface area contributed by atoms with E-state index in [9.17, 15) is 27.2 Å². The summed E-state index contributed by atoms with van der Waals surface area (Å²) in [5.41, 5.74) is 0.380. The zero-order valence-corrected chi connectivity index (χ0v) is 19.8. The lowest BCUT2D eigenvalue weighted by Gasteiger charge is -2.21. The van der Waals surface area contributed by atoms with Crippen molar-refractivity contribution >= 4 is 40.7 Å². The van der Waals surface area contributed by atoms with Gasteiger partial charge in [-0.15, -0.1) is 11.6 Å². The van der Waals surface area contributed by atoms with Gasteiger partial charge in [-0.1, -0.05) is 30.7 Å². The molecule has 3 aromatic rings. The van der Waals surface area contributed by atoms with E-state index in [0.717, 1.165) is 0 Å². The summed E-state index contributed by atoms with van der Waals surface area (Å²) in [6.07, 6.45) is 0.233. The first kappa shape index (κ1) is 25.0. The molecule has 0 bridgehead atoms. The number of halogens is 6. The van der Waals surface area contributed by atoms with Crippen LogP contribution in [0.3, 0.4) is 0 Å². The van der Waals surface area contributed by atoms with Gasteiger partial charge in [-0.25, -0.2) is 17.6 Å². The highest BCUT2D eigenvalue weighted by Gasteiger charge is 2.48. The fourth-order valence-corrected chi connectivity index (χ4v) is 4.51. The summed E-state index contributed by atoms with van der Waals surface area (Å²) in [5.74, 6) is -5.14. The van der Waals surface area contributed by atoms with Gasteiger partial charge >= 0.3 is 0 Å². The summed E-state index contributed by atoms with van der Waals surface area (Å²) in [6.45, 7) is 0.972. The first-order valence-electron chi connectivity index (χ1n) is 10.6. The highest BCUT2D eigenvalue weighted by molar-refractivity contribution is 6.39. The van der Waals surface area contributed by atoms with Gasteiger partial charge in [-0.3, -0.25) is 9.59 Å². The third-order valence-corrected chi connectivity index (χ3v) is 6.95. The van der Waals surface area contributed by atoms with Crippen molar-refractivity contribution in [1.82, 2.24) is 5.32 Å². The Morgan fingerprint density at radius 2 is 1.69 bits per heavy atom. The first-order chi connectivity index (χ1) is 16.6. The van der Waals surface area contributed by atoms with Crippen molar-refractivity contribution in [3.8, 4) is 0 Å². The van der Waals surface area contributed by atoms with Crippen molar-refractivity contribution < 1.29 is 27.2 Å². The number of nitrogens with one attached hydrogen (secondary N) is 1. The molecule has 0 fully saturated rings. The molecule has 2 amide bonds. The number of nitrogens with zero attached hydrogens (tertiary/aromatic N) is 1. The second kappa shape index (κ2) is 9.51. The van der Waals surface area contributed by atoms with E-state index in [1.807, 2.05) is 0 Å². The molecule has 0 aromatic heterocycles. The van der Waals surface area contributed by atoms with Gasteiger partial charge in [0.15, 0.2) is 0 Å². The zero-order chi connectivity index (χ0) is 25.5. The largest absolute Gasteiger partial charge is 0.348 e. The zero-order valence-electron chi connectivity index (χ0n) is 18.3. The van der Waals surface area contributed by atoms with Crippen LogP contribution in [0.25, 0.3) is 0 Å². The van der Waals surface area contributed by atoms with Crippen LogP contribution in [-0.4, -0.2) is 11.8 Å². The maximum atomic E-state index is 14.4. The number of amides is 2. The number of hydrogen-bond donors (Lipinski definition) is 1. The Kier molecular flexibility index (Phi) is 6.79. The molecule has 0 saturated carbocycles. The van der Waals surface area contributed by atoms with E-state index < -0.39 is 52.1 Å². The van der Waals surface area contributed by atoms with Crippen LogP contribution < -0.4 is 10.2 Å². The average molecular weight is 525 g/mol. The Labute approximate surface area is 208 Å². The van der Waals surface area contributed by atoms with Gasteiger partial charge < -0.3 is 10.2 Å². The van der Waals surface area contributed by atoms with Gasteiger partial charge in [0.1, 0.15) is 28.1 Å². The molecule has 4 rings (SSSR count). The normalized spacial score (nSPS) is 17.0. The summed E-state index contributed by atoms with van der Waals surface area (Å²) in [6, 6.07) is 9.51. The summed E-state index contributed by atoms with van der Waals surface area (Å²) < 4.78 is 55.4. The van der Waals surface area contributed by atoms with Gasteiger partial charge in [0, 0.05) is 46.0 Å².